The van der Waals surface area contributed by atoms with E-state index in [2.05, 4.69) is 54.9 Å². The van der Waals surface area contributed by atoms with Crippen LogP contribution < -0.4 is 4.90 Å². The molecule has 0 aliphatic heterocycles. The standard InChI is InChI=1S/C16H21ClN2/c1-4-9-19(12(2)3)16-10-13(11-17)18-15-8-6-5-7-14(15)16/h5-8,10,12H,4,9,11H2,1-3H3. The first-order valence-electron chi connectivity index (χ1n) is 6.88. The van der Waals surface area contributed by atoms with Gasteiger partial charge >= 0.3 is 0 Å². The fourth-order valence-electron chi connectivity index (χ4n) is 2.41. The Kier molecular flexibility index (Phi) is 4.65. The van der Waals surface area contributed by atoms with Gasteiger partial charge in [-0.15, -0.1) is 11.6 Å². The lowest BCUT2D eigenvalue weighted by Crippen LogP contribution is -2.31. The summed E-state index contributed by atoms with van der Waals surface area (Å²) in [5.74, 6) is 0.454. The van der Waals surface area contributed by atoms with Gasteiger partial charge in [-0.1, -0.05) is 25.1 Å². The summed E-state index contributed by atoms with van der Waals surface area (Å²) in [4.78, 5) is 7.03. The van der Waals surface area contributed by atoms with Crippen molar-refractivity contribution >= 4 is 28.2 Å². The van der Waals surface area contributed by atoms with Gasteiger partial charge in [-0.3, -0.25) is 4.98 Å². The van der Waals surface area contributed by atoms with Gasteiger partial charge in [0.15, 0.2) is 0 Å². The number of benzene rings is 1. The summed E-state index contributed by atoms with van der Waals surface area (Å²) in [5, 5.41) is 1.21. The number of halogens is 1. The van der Waals surface area contributed by atoms with Crippen LogP contribution in [0.3, 0.4) is 0 Å². The molecule has 0 aliphatic rings. The van der Waals surface area contributed by atoms with Crippen molar-refractivity contribution in [1.82, 2.24) is 4.98 Å². The minimum absolute atomic E-state index is 0.454. The molecule has 0 saturated carbocycles. The first-order chi connectivity index (χ1) is 9.17. The number of hydrogen-bond acceptors (Lipinski definition) is 2. The van der Waals surface area contributed by atoms with Crippen LogP contribution in [0, 0.1) is 0 Å². The zero-order valence-electron chi connectivity index (χ0n) is 11.9. The van der Waals surface area contributed by atoms with Gasteiger partial charge in [0.25, 0.3) is 0 Å². The highest BCUT2D eigenvalue weighted by atomic mass is 35.5. The predicted molar refractivity (Wildman–Crippen MR) is 84.1 cm³/mol. The van der Waals surface area contributed by atoms with Crippen molar-refractivity contribution in [3.63, 3.8) is 0 Å². The summed E-state index contributed by atoms with van der Waals surface area (Å²) in [5.41, 5.74) is 3.22. The molecule has 0 unspecified atom stereocenters. The van der Waals surface area contributed by atoms with Crippen molar-refractivity contribution < 1.29 is 0 Å². The van der Waals surface area contributed by atoms with Crippen molar-refractivity contribution in [1.29, 1.82) is 0 Å². The molecule has 1 heterocycles. The molecule has 0 spiro atoms. The van der Waals surface area contributed by atoms with E-state index in [1.165, 1.54) is 11.1 Å². The van der Waals surface area contributed by atoms with Crippen LogP contribution in [-0.2, 0) is 5.88 Å². The Labute approximate surface area is 120 Å². The van der Waals surface area contributed by atoms with Crippen molar-refractivity contribution in [3.05, 3.63) is 36.0 Å². The largest absolute Gasteiger partial charge is 0.369 e. The van der Waals surface area contributed by atoms with E-state index in [-0.39, 0.29) is 0 Å². The number of pyridine rings is 1. The van der Waals surface area contributed by atoms with Gasteiger partial charge in [0, 0.05) is 23.7 Å². The first-order valence-corrected chi connectivity index (χ1v) is 7.42. The van der Waals surface area contributed by atoms with Crippen LogP contribution in [0.1, 0.15) is 32.9 Å². The van der Waals surface area contributed by atoms with Gasteiger partial charge in [0.05, 0.1) is 17.1 Å². The van der Waals surface area contributed by atoms with E-state index in [0.29, 0.717) is 11.9 Å². The van der Waals surface area contributed by atoms with Crippen LogP contribution in [0.15, 0.2) is 30.3 Å². The predicted octanol–water partition coefficient (Wildman–Crippen LogP) is 4.60. The van der Waals surface area contributed by atoms with E-state index in [1.54, 1.807) is 0 Å². The number of para-hydroxylation sites is 1. The maximum Gasteiger partial charge on any atom is 0.0726 e. The molecule has 0 bridgehead atoms. The van der Waals surface area contributed by atoms with E-state index in [1.807, 2.05) is 6.07 Å². The molecule has 102 valence electrons. The molecule has 0 saturated heterocycles. The number of aromatic nitrogens is 1. The molecule has 2 aromatic rings. The third kappa shape index (κ3) is 3.01. The third-order valence-corrected chi connectivity index (χ3v) is 3.56. The maximum atomic E-state index is 5.98. The van der Waals surface area contributed by atoms with Crippen LogP contribution in [0.5, 0.6) is 0 Å². The van der Waals surface area contributed by atoms with Crippen LogP contribution in [-0.4, -0.2) is 17.6 Å². The molecule has 0 atom stereocenters. The Bertz CT molecular complexity index is 551. The summed E-state index contributed by atoms with van der Waals surface area (Å²) in [6.07, 6.45) is 1.13. The van der Waals surface area contributed by atoms with E-state index >= 15 is 0 Å². The van der Waals surface area contributed by atoms with Crippen LogP contribution >= 0.6 is 11.6 Å². The van der Waals surface area contributed by atoms with Gasteiger partial charge in [-0.2, -0.15) is 0 Å². The zero-order chi connectivity index (χ0) is 13.8. The molecule has 0 fully saturated rings. The lowest BCUT2D eigenvalue weighted by molar-refractivity contribution is 0.673. The summed E-state index contributed by atoms with van der Waals surface area (Å²) in [6.45, 7) is 7.71. The topological polar surface area (TPSA) is 16.1 Å². The van der Waals surface area contributed by atoms with E-state index in [9.17, 15) is 0 Å². The Hall–Kier alpha value is -1.28. The molecule has 2 rings (SSSR count). The zero-order valence-corrected chi connectivity index (χ0v) is 12.6. The van der Waals surface area contributed by atoms with E-state index in [4.69, 9.17) is 11.6 Å². The molecule has 3 heteroatoms. The highest BCUT2D eigenvalue weighted by molar-refractivity contribution is 6.17. The van der Waals surface area contributed by atoms with Crippen LogP contribution in [0.25, 0.3) is 10.9 Å². The van der Waals surface area contributed by atoms with Crippen molar-refractivity contribution in [2.75, 3.05) is 11.4 Å². The molecular formula is C16H21ClN2. The van der Waals surface area contributed by atoms with Gasteiger partial charge < -0.3 is 4.90 Å². The van der Waals surface area contributed by atoms with Crippen molar-refractivity contribution in [3.8, 4) is 0 Å². The van der Waals surface area contributed by atoms with Crippen molar-refractivity contribution in [2.24, 2.45) is 0 Å². The van der Waals surface area contributed by atoms with Gasteiger partial charge in [-0.25, -0.2) is 0 Å². The second-order valence-corrected chi connectivity index (χ2v) is 5.34. The fourth-order valence-corrected chi connectivity index (χ4v) is 2.55. The van der Waals surface area contributed by atoms with Gasteiger partial charge in [-0.05, 0) is 32.4 Å². The van der Waals surface area contributed by atoms with E-state index < -0.39 is 0 Å². The van der Waals surface area contributed by atoms with E-state index in [0.717, 1.165) is 24.2 Å². The summed E-state index contributed by atoms with van der Waals surface area (Å²) < 4.78 is 0. The average molecular weight is 277 g/mol. The minimum Gasteiger partial charge on any atom is -0.369 e. The molecule has 0 radical (unpaired) electrons. The molecule has 0 aliphatic carbocycles. The Morgan fingerprint density at radius 3 is 2.63 bits per heavy atom. The second kappa shape index (κ2) is 6.25. The van der Waals surface area contributed by atoms with Crippen molar-refractivity contribution in [2.45, 2.75) is 39.1 Å². The minimum atomic E-state index is 0.454. The molecule has 0 N–H and O–H groups in total. The number of fused-ring (bicyclic) bond motifs is 1. The normalized spacial score (nSPS) is 11.2. The van der Waals surface area contributed by atoms with Gasteiger partial charge in [0.2, 0.25) is 0 Å². The third-order valence-electron chi connectivity index (χ3n) is 3.28. The maximum absolute atomic E-state index is 5.98. The lowest BCUT2D eigenvalue weighted by atomic mass is 10.1. The number of alkyl halides is 1. The Balaban J connectivity index is 2.61. The average Bonchev–Trinajstić information content (AvgIpc) is 2.43. The quantitative estimate of drug-likeness (QED) is 0.742. The Morgan fingerprint density at radius 1 is 1.26 bits per heavy atom. The summed E-state index contributed by atoms with van der Waals surface area (Å²) in [6, 6.07) is 10.9. The molecule has 1 aromatic heterocycles. The fraction of sp³-hybridized carbons (Fsp3) is 0.438. The molecule has 0 amide bonds. The van der Waals surface area contributed by atoms with Crippen LogP contribution in [0.4, 0.5) is 5.69 Å². The monoisotopic (exact) mass is 276 g/mol. The number of nitrogens with zero attached hydrogens (tertiary/aromatic N) is 2. The molecule has 1 aromatic carbocycles. The first kappa shape index (κ1) is 14.1. The number of rotatable bonds is 5. The second-order valence-electron chi connectivity index (χ2n) is 5.07. The Morgan fingerprint density at radius 2 is 2.00 bits per heavy atom. The highest BCUT2D eigenvalue weighted by Crippen LogP contribution is 2.28. The molecule has 19 heavy (non-hydrogen) atoms. The smallest absolute Gasteiger partial charge is 0.0726 e. The number of anilines is 1. The van der Waals surface area contributed by atoms with Crippen LogP contribution in [0.2, 0.25) is 0 Å². The lowest BCUT2D eigenvalue weighted by Gasteiger charge is -2.30. The summed E-state index contributed by atoms with van der Waals surface area (Å²) in [7, 11) is 0. The van der Waals surface area contributed by atoms with Gasteiger partial charge in [0.1, 0.15) is 0 Å². The SMILES string of the molecule is CCCN(c1cc(CCl)nc2ccccc12)C(C)C. The highest BCUT2D eigenvalue weighted by Gasteiger charge is 2.14. The molecular weight excluding hydrogens is 256 g/mol. The number of hydrogen-bond donors (Lipinski definition) is 0. The molecule has 2 nitrogen and oxygen atoms in total. The summed E-state index contributed by atoms with van der Waals surface area (Å²) >= 11 is 5.98.